The van der Waals surface area contributed by atoms with E-state index < -0.39 is 0 Å². The van der Waals surface area contributed by atoms with Crippen molar-refractivity contribution in [3.8, 4) is 0 Å². The summed E-state index contributed by atoms with van der Waals surface area (Å²) in [5, 5.41) is 0. The van der Waals surface area contributed by atoms with E-state index in [0.717, 1.165) is 11.0 Å². The molecule has 0 aromatic carbocycles. The van der Waals surface area contributed by atoms with Gasteiger partial charge in [0.2, 0.25) is 0 Å². The van der Waals surface area contributed by atoms with E-state index in [1.807, 2.05) is 6.20 Å². The van der Waals surface area contributed by atoms with Gasteiger partial charge < -0.3 is 0 Å². The van der Waals surface area contributed by atoms with Gasteiger partial charge >= 0.3 is 0 Å². The minimum Gasteiger partial charge on any atom is -0.253 e. The number of hydrogen-bond acceptors (Lipinski definition) is 1. The quantitative estimate of drug-likeness (QED) is 0.704. The highest BCUT2D eigenvalue weighted by Gasteiger charge is 2.21. The first kappa shape index (κ1) is 11.0. The van der Waals surface area contributed by atoms with Crippen LogP contribution >= 0.6 is 7.92 Å². The molecule has 0 amide bonds. The van der Waals surface area contributed by atoms with Gasteiger partial charge in [-0.1, -0.05) is 21.8 Å². The van der Waals surface area contributed by atoms with Gasteiger partial charge in [-0.15, -0.1) is 0 Å². The molecule has 1 aromatic heterocycles. The van der Waals surface area contributed by atoms with Crippen molar-refractivity contribution in [3.63, 3.8) is 0 Å². The fraction of sp³-hybridized carbons (Fsp3) is 0.583. The fourth-order valence-electron chi connectivity index (χ4n) is 1.92. The molecule has 82 valence electrons. The lowest BCUT2D eigenvalue weighted by Crippen LogP contribution is -2.13. The van der Waals surface area contributed by atoms with Gasteiger partial charge in [0.15, 0.2) is 0 Å². The molecule has 0 spiro atoms. The monoisotopic (exact) mass is 225 g/mol. The maximum Gasteiger partial charge on any atom is 0.149 e. The molecule has 2 heterocycles. The second kappa shape index (κ2) is 4.57. The number of pyridine rings is 1. The maximum atomic E-state index is 13.8. The molecule has 15 heavy (non-hydrogen) atoms. The molecule has 0 bridgehead atoms. The Hall–Kier alpha value is -0.490. The maximum absolute atomic E-state index is 13.8. The van der Waals surface area contributed by atoms with E-state index in [9.17, 15) is 4.39 Å². The summed E-state index contributed by atoms with van der Waals surface area (Å²) in [6.45, 7) is 4.13. The van der Waals surface area contributed by atoms with E-state index in [2.05, 4.69) is 18.8 Å². The normalized spacial score (nSPS) is 17.6. The number of aromatic nitrogens is 1. The third kappa shape index (κ3) is 2.36. The summed E-state index contributed by atoms with van der Waals surface area (Å²) in [5.41, 5.74) is 1.76. The second-order valence-corrected chi connectivity index (χ2v) is 6.82. The number of nitrogens with zero attached hydrogens (tertiary/aromatic N) is 1. The molecule has 0 atom stereocenters. The molecule has 1 nitrogen and oxygen atoms in total. The highest BCUT2D eigenvalue weighted by molar-refractivity contribution is 7.65. The molecule has 0 N–H and O–H groups in total. The van der Waals surface area contributed by atoms with Gasteiger partial charge in [-0.25, -0.2) is 4.39 Å². The van der Waals surface area contributed by atoms with Crippen LogP contribution in [0.25, 0.3) is 0 Å². The van der Waals surface area contributed by atoms with Crippen molar-refractivity contribution < 1.29 is 4.39 Å². The van der Waals surface area contributed by atoms with Crippen LogP contribution in [0.3, 0.4) is 0 Å². The fourth-order valence-corrected chi connectivity index (χ4v) is 4.37. The van der Waals surface area contributed by atoms with Crippen molar-refractivity contribution in [2.45, 2.75) is 32.6 Å². The van der Waals surface area contributed by atoms with Crippen LogP contribution in [0.4, 0.5) is 4.39 Å². The van der Waals surface area contributed by atoms with Crippen LogP contribution in [0.15, 0.2) is 12.3 Å². The van der Waals surface area contributed by atoms with E-state index in [0.29, 0.717) is 5.92 Å². The first-order chi connectivity index (χ1) is 7.18. The molecule has 1 fully saturated rings. The minimum absolute atomic E-state index is 0.0748. The second-order valence-electron chi connectivity index (χ2n) is 4.42. The molecule has 0 aliphatic carbocycles. The molecule has 0 unspecified atom stereocenters. The van der Waals surface area contributed by atoms with E-state index >= 15 is 0 Å². The summed E-state index contributed by atoms with van der Waals surface area (Å²) in [6, 6.07) is 1.67. The summed E-state index contributed by atoms with van der Waals surface area (Å²) in [6.07, 6.45) is 6.68. The van der Waals surface area contributed by atoms with Crippen LogP contribution in [-0.2, 0) is 0 Å². The van der Waals surface area contributed by atoms with Crippen molar-refractivity contribution >= 4 is 13.4 Å². The van der Waals surface area contributed by atoms with Gasteiger partial charge in [0, 0.05) is 6.20 Å². The molecule has 1 aliphatic heterocycles. The van der Waals surface area contributed by atoms with E-state index in [4.69, 9.17) is 0 Å². The SMILES string of the molecule is CC(C)c1cnc(P2CCCC2)c(F)c1. The summed E-state index contributed by atoms with van der Waals surface area (Å²) >= 11 is 0. The Balaban J connectivity index is 2.25. The largest absolute Gasteiger partial charge is 0.253 e. The van der Waals surface area contributed by atoms with Gasteiger partial charge in [-0.05, 0) is 42.7 Å². The van der Waals surface area contributed by atoms with Crippen LogP contribution in [0.1, 0.15) is 38.2 Å². The van der Waals surface area contributed by atoms with E-state index in [-0.39, 0.29) is 13.7 Å². The molecular weight excluding hydrogens is 208 g/mol. The third-order valence-corrected chi connectivity index (χ3v) is 5.56. The number of hydrogen-bond donors (Lipinski definition) is 0. The lowest BCUT2D eigenvalue weighted by molar-refractivity contribution is 0.626. The van der Waals surface area contributed by atoms with Gasteiger partial charge in [0.25, 0.3) is 0 Å². The number of rotatable bonds is 2. The van der Waals surface area contributed by atoms with Crippen LogP contribution in [-0.4, -0.2) is 17.3 Å². The van der Waals surface area contributed by atoms with Crippen LogP contribution in [0.5, 0.6) is 0 Å². The molecule has 3 heteroatoms. The van der Waals surface area contributed by atoms with Gasteiger partial charge in [-0.3, -0.25) is 4.98 Å². The Morgan fingerprint density at radius 3 is 2.53 bits per heavy atom. The molecule has 1 saturated heterocycles. The average Bonchev–Trinajstić information content (AvgIpc) is 2.70. The van der Waals surface area contributed by atoms with Gasteiger partial charge in [0.05, 0.1) is 5.44 Å². The Kier molecular flexibility index (Phi) is 3.35. The topological polar surface area (TPSA) is 12.9 Å². The summed E-state index contributed by atoms with van der Waals surface area (Å²) < 4.78 is 13.8. The Morgan fingerprint density at radius 2 is 2.00 bits per heavy atom. The molecule has 1 aliphatic rings. The first-order valence-corrected chi connectivity index (χ1v) is 7.30. The minimum atomic E-state index is -0.279. The average molecular weight is 225 g/mol. The Morgan fingerprint density at radius 1 is 1.33 bits per heavy atom. The standard InChI is InChI=1S/C12H17FNP/c1-9(2)10-7-11(13)12(14-8-10)15-5-3-4-6-15/h7-9H,3-6H2,1-2H3. The summed E-state index contributed by atoms with van der Waals surface area (Å²) in [7, 11) is -0.279. The van der Waals surface area contributed by atoms with E-state index in [1.165, 1.54) is 25.2 Å². The van der Waals surface area contributed by atoms with Crippen LogP contribution in [0, 0.1) is 5.82 Å². The molecule has 1 aromatic rings. The predicted octanol–water partition coefficient (Wildman–Crippen LogP) is 3.25. The van der Waals surface area contributed by atoms with Crippen LogP contribution in [0.2, 0.25) is 0 Å². The van der Waals surface area contributed by atoms with E-state index in [1.54, 1.807) is 6.07 Å². The first-order valence-electron chi connectivity index (χ1n) is 5.59. The highest BCUT2D eigenvalue weighted by atomic mass is 31.1. The lowest BCUT2D eigenvalue weighted by Gasteiger charge is -2.12. The van der Waals surface area contributed by atoms with Gasteiger partial charge in [-0.2, -0.15) is 0 Å². The zero-order valence-electron chi connectivity index (χ0n) is 9.33. The Labute approximate surface area is 91.9 Å². The van der Waals surface area contributed by atoms with Crippen LogP contribution < -0.4 is 5.44 Å². The summed E-state index contributed by atoms with van der Waals surface area (Å²) in [5.74, 6) is 0.284. The molecule has 2 rings (SSSR count). The Bertz CT molecular complexity index is 345. The van der Waals surface area contributed by atoms with Crippen molar-refractivity contribution in [2.75, 3.05) is 12.3 Å². The lowest BCUT2D eigenvalue weighted by atomic mass is 10.1. The van der Waals surface area contributed by atoms with Crippen molar-refractivity contribution in [1.82, 2.24) is 4.98 Å². The smallest absolute Gasteiger partial charge is 0.149 e. The number of halogens is 1. The molecular formula is C12H17FNP. The predicted molar refractivity (Wildman–Crippen MR) is 63.8 cm³/mol. The summed E-state index contributed by atoms with van der Waals surface area (Å²) in [4.78, 5) is 4.34. The third-order valence-electron chi connectivity index (χ3n) is 2.92. The molecule has 0 saturated carbocycles. The zero-order valence-corrected chi connectivity index (χ0v) is 10.2. The van der Waals surface area contributed by atoms with Crippen molar-refractivity contribution in [2.24, 2.45) is 0 Å². The van der Waals surface area contributed by atoms with Gasteiger partial charge in [0.1, 0.15) is 5.82 Å². The van der Waals surface area contributed by atoms with Crippen molar-refractivity contribution in [3.05, 3.63) is 23.6 Å². The molecule has 0 radical (unpaired) electrons. The van der Waals surface area contributed by atoms with Crippen molar-refractivity contribution in [1.29, 1.82) is 0 Å². The highest BCUT2D eigenvalue weighted by Crippen LogP contribution is 2.42. The zero-order chi connectivity index (χ0) is 10.8.